The summed E-state index contributed by atoms with van der Waals surface area (Å²) in [7, 11) is -4.05. The minimum absolute atomic E-state index is 0.0485. The van der Waals surface area contributed by atoms with Crippen LogP contribution >= 0.6 is 0 Å². The number of aliphatic hydroxyl groups is 1. The maximum absolute atomic E-state index is 13.3. The van der Waals surface area contributed by atoms with E-state index in [0.717, 1.165) is 17.7 Å². The van der Waals surface area contributed by atoms with Crippen molar-refractivity contribution in [3.8, 4) is 22.7 Å². The summed E-state index contributed by atoms with van der Waals surface area (Å²) in [6, 6.07) is 10.7. The summed E-state index contributed by atoms with van der Waals surface area (Å²) in [6.45, 7) is -0.0245. The third-order valence-corrected chi connectivity index (χ3v) is 5.71. The highest BCUT2D eigenvalue weighted by molar-refractivity contribution is 7.89. The molecule has 7 nitrogen and oxygen atoms in total. The highest BCUT2D eigenvalue weighted by Crippen LogP contribution is 2.34. The minimum Gasteiger partial charge on any atom is -0.493 e. The first kappa shape index (κ1) is 19.5. The Labute approximate surface area is 165 Å². The van der Waals surface area contributed by atoms with Crippen molar-refractivity contribution < 1.29 is 27.0 Å². The van der Waals surface area contributed by atoms with E-state index < -0.39 is 28.7 Å². The van der Waals surface area contributed by atoms with Gasteiger partial charge in [0.2, 0.25) is 10.0 Å². The Morgan fingerprint density at radius 2 is 2.00 bits per heavy atom. The number of hydrogen-bond donors (Lipinski definition) is 2. The van der Waals surface area contributed by atoms with Gasteiger partial charge in [-0.15, -0.1) is 0 Å². The number of fused-ring (bicyclic) bond motifs is 1. The van der Waals surface area contributed by atoms with Gasteiger partial charge in [-0.25, -0.2) is 27.0 Å². The molecule has 4 rings (SSSR count). The first-order valence-corrected chi connectivity index (χ1v) is 10.2. The Bertz CT molecular complexity index is 1190. The van der Waals surface area contributed by atoms with Crippen molar-refractivity contribution >= 4 is 10.0 Å². The van der Waals surface area contributed by atoms with Crippen molar-refractivity contribution in [3.63, 3.8) is 0 Å². The van der Waals surface area contributed by atoms with Gasteiger partial charge in [-0.05, 0) is 53.6 Å². The SMILES string of the molecule is NS(=O)(=O)c1ccc(-n2nc(C(F)F)cc2-c2ccc3c(c2)CCO3)cc1CO. The number of primary sulfonamides is 1. The number of halogens is 2. The van der Waals surface area contributed by atoms with Crippen LogP contribution in [0.25, 0.3) is 16.9 Å². The van der Waals surface area contributed by atoms with E-state index in [1.54, 1.807) is 12.1 Å². The van der Waals surface area contributed by atoms with E-state index in [4.69, 9.17) is 9.88 Å². The average molecular weight is 421 g/mol. The number of nitrogens with zero attached hydrogens (tertiary/aromatic N) is 2. The van der Waals surface area contributed by atoms with Gasteiger partial charge >= 0.3 is 0 Å². The number of rotatable bonds is 5. The average Bonchev–Trinajstić information content (AvgIpc) is 3.33. The summed E-state index contributed by atoms with van der Waals surface area (Å²) < 4.78 is 56.8. The Morgan fingerprint density at radius 3 is 2.69 bits per heavy atom. The van der Waals surface area contributed by atoms with E-state index in [0.29, 0.717) is 23.6 Å². The molecule has 0 atom stereocenters. The highest BCUT2D eigenvalue weighted by Gasteiger charge is 2.21. The molecule has 0 unspecified atom stereocenters. The third-order valence-electron chi connectivity index (χ3n) is 4.70. The molecular weight excluding hydrogens is 404 g/mol. The Balaban J connectivity index is 1.88. The van der Waals surface area contributed by atoms with Crippen LogP contribution in [0.4, 0.5) is 8.78 Å². The number of aromatic nitrogens is 2. The molecule has 0 saturated heterocycles. The molecule has 1 aromatic heterocycles. The molecule has 2 aromatic carbocycles. The van der Waals surface area contributed by atoms with Crippen molar-refractivity contribution in [1.29, 1.82) is 0 Å². The van der Waals surface area contributed by atoms with E-state index in [1.807, 2.05) is 6.07 Å². The number of hydrogen-bond acceptors (Lipinski definition) is 5. The van der Waals surface area contributed by atoms with Crippen LogP contribution in [0, 0.1) is 0 Å². The van der Waals surface area contributed by atoms with E-state index in [1.165, 1.54) is 28.9 Å². The fraction of sp³-hybridized carbons (Fsp3) is 0.211. The van der Waals surface area contributed by atoms with Gasteiger partial charge in [0.25, 0.3) is 6.43 Å². The molecule has 2 heterocycles. The molecule has 0 amide bonds. The number of ether oxygens (including phenoxy) is 1. The first-order valence-electron chi connectivity index (χ1n) is 8.69. The topological polar surface area (TPSA) is 107 Å². The molecule has 10 heteroatoms. The van der Waals surface area contributed by atoms with E-state index >= 15 is 0 Å². The maximum Gasteiger partial charge on any atom is 0.282 e. The fourth-order valence-corrected chi connectivity index (χ4v) is 4.10. The molecular formula is C19H17F2N3O4S. The predicted molar refractivity (Wildman–Crippen MR) is 100 cm³/mol. The number of benzene rings is 2. The summed E-state index contributed by atoms with van der Waals surface area (Å²) in [6.07, 6.45) is -2.06. The highest BCUT2D eigenvalue weighted by atomic mass is 32.2. The van der Waals surface area contributed by atoms with Crippen molar-refractivity contribution in [2.24, 2.45) is 5.14 Å². The number of aliphatic hydroxyl groups excluding tert-OH is 1. The van der Waals surface area contributed by atoms with Gasteiger partial charge < -0.3 is 9.84 Å². The van der Waals surface area contributed by atoms with Crippen LogP contribution in [-0.2, 0) is 23.1 Å². The minimum atomic E-state index is -4.05. The monoisotopic (exact) mass is 421 g/mol. The Morgan fingerprint density at radius 1 is 1.21 bits per heavy atom. The quantitative estimate of drug-likeness (QED) is 0.658. The molecule has 3 N–H and O–H groups in total. The van der Waals surface area contributed by atoms with Gasteiger partial charge in [0.1, 0.15) is 11.4 Å². The van der Waals surface area contributed by atoms with Crippen LogP contribution in [-0.4, -0.2) is 29.9 Å². The Kier molecular flexibility index (Phi) is 4.85. The van der Waals surface area contributed by atoms with Gasteiger partial charge in [0, 0.05) is 12.0 Å². The summed E-state index contributed by atoms with van der Waals surface area (Å²) in [5.74, 6) is 0.758. The molecule has 0 spiro atoms. The third kappa shape index (κ3) is 3.61. The van der Waals surface area contributed by atoms with Crippen LogP contribution in [0.2, 0.25) is 0 Å². The molecule has 1 aliphatic rings. The van der Waals surface area contributed by atoms with Crippen LogP contribution < -0.4 is 9.88 Å². The second-order valence-corrected chi connectivity index (χ2v) is 8.11. The van der Waals surface area contributed by atoms with Crippen LogP contribution in [0.5, 0.6) is 5.75 Å². The molecule has 0 fully saturated rings. The molecule has 29 heavy (non-hydrogen) atoms. The fourth-order valence-electron chi connectivity index (χ4n) is 3.35. The second kappa shape index (κ2) is 7.21. The molecule has 0 aliphatic carbocycles. The van der Waals surface area contributed by atoms with E-state index in [2.05, 4.69) is 5.10 Å². The number of nitrogens with two attached hydrogens (primary N) is 1. The standard InChI is InChI=1S/C19H17F2N3O4S/c20-19(21)15-9-16(11-1-3-17-12(7-11)5-6-28-17)24(23-15)14-2-4-18(29(22,26)27)13(8-14)10-25/h1-4,7-9,19,25H,5-6,10H2,(H2,22,26,27). The summed E-state index contributed by atoms with van der Waals surface area (Å²) in [5.41, 5.74) is 1.98. The Hall–Kier alpha value is -2.82. The van der Waals surface area contributed by atoms with Gasteiger partial charge in [0.05, 0.1) is 29.5 Å². The van der Waals surface area contributed by atoms with Crippen LogP contribution in [0.1, 0.15) is 23.2 Å². The lowest BCUT2D eigenvalue weighted by Gasteiger charge is -2.12. The molecule has 0 bridgehead atoms. The normalized spacial score (nSPS) is 13.6. The van der Waals surface area contributed by atoms with Crippen molar-refractivity contribution in [3.05, 3.63) is 59.3 Å². The summed E-state index contributed by atoms with van der Waals surface area (Å²) in [5, 5.41) is 18.7. The number of sulfonamides is 1. The molecule has 152 valence electrons. The lowest BCUT2D eigenvalue weighted by molar-refractivity contribution is 0.145. The van der Waals surface area contributed by atoms with E-state index in [-0.39, 0.29) is 10.5 Å². The molecule has 0 saturated carbocycles. The van der Waals surface area contributed by atoms with Gasteiger partial charge in [-0.2, -0.15) is 5.10 Å². The van der Waals surface area contributed by atoms with Crippen LogP contribution in [0.3, 0.4) is 0 Å². The number of alkyl halides is 2. The lowest BCUT2D eigenvalue weighted by Crippen LogP contribution is -2.15. The maximum atomic E-state index is 13.3. The predicted octanol–water partition coefficient (Wildman–Crippen LogP) is 2.55. The molecule has 1 aliphatic heterocycles. The lowest BCUT2D eigenvalue weighted by atomic mass is 10.1. The zero-order chi connectivity index (χ0) is 20.8. The van der Waals surface area contributed by atoms with E-state index in [9.17, 15) is 22.3 Å². The van der Waals surface area contributed by atoms with Crippen molar-refractivity contribution in [2.45, 2.75) is 24.3 Å². The zero-order valence-electron chi connectivity index (χ0n) is 15.0. The van der Waals surface area contributed by atoms with Gasteiger partial charge in [-0.1, -0.05) is 0 Å². The van der Waals surface area contributed by atoms with Crippen molar-refractivity contribution in [1.82, 2.24) is 9.78 Å². The summed E-state index contributed by atoms with van der Waals surface area (Å²) >= 11 is 0. The summed E-state index contributed by atoms with van der Waals surface area (Å²) in [4.78, 5) is -0.235. The van der Waals surface area contributed by atoms with Gasteiger partial charge in [-0.3, -0.25) is 0 Å². The second-order valence-electron chi connectivity index (χ2n) is 6.58. The van der Waals surface area contributed by atoms with Gasteiger partial charge in [0.15, 0.2) is 0 Å². The smallest absolute Gasteiger partial charge is 0.282 e. The largest absolute Gasteiger partial charge is 0.493 e. The first-order chi connectivity index (χ1) is 13.8. The van der Waals surface area contributed by atoms with Crippen LogP contribution in [0.15, 0.2) is 47.4 Å². The zero-order valence-corrected chi connectivity index (χ0v) is 15.9. The molecule has 3 aromatic rings. The molecule has 0 radical (unpaired) electrons. The van der Waals surface area contributed by atoms with Crippen molar-refractivity contribution in [2.75, 3.05) is 6.61 Å².